The van der Waals surface area contributed by atoms with Gasteiger partial charge < -0.3 is 9.13 Å². The van der Waals surface area contributed by atoms with Gasteiger partial charge in [-0.2, -0.15) is 0 Å². The van der Waals surface area contributed by atoms with E-state index in [1.54, 1.807) is 0 Å². The Morgan fingerprint density at radius 1 is 0.453 bits per heavy atom. The number of aliphatic imine (C=N–C) groups is 1. The van der Waals surface area contributed by atoms with Crippen molar-refractivity contribution in [1.82, 2.24) is 9.13 Å². The molecule has 0 unspecified atom stereocenters. The van der Waals surface area contributed by atoms with Crippen LogP contribution in [0, 0.1) is 0 Å². The first-order chi connectivity index (χ1) is 26.2. The van der Waals surface area contributed by atoms with Gasteiger partial charge in [-0.15, -0.1) is 0 Å². The summed E-state index contributed by atoms with van der Waals surface area (Å²) >= 11 is 0. The van der Waals surface area contributed by atoms with Crippen LogP contribution in [0.15, 0.2) is 175 Å². The molecule has 248 valence electrons. The highest BCUT2D eigenvalue weighted by atomic mass is 15.0. The van der Waals surface area contributed by atoms with E-state index in [1.165, 1.54) is 99.0 Å². The van der Waals surface area contributed by atoms with Crippen molar-refractivity contribution >= 4 is 72.4 Å². The van der Waals surface area contributed by atoms with Gasteiger partial charge in [0.15, 0.2) is 0 Å². The second-order valence-corrected chi connectivity index (χ2v) is 14.0. The largest absolute Gasteiger partial charge is 0.309 e. The Morgan fingerprint density at radius 2 is 1.09 bits per heavy atom. The minimum Gasteiger partial charge on any atom is -0.309 e. The standard InChI is InChI=1S/C50H33N3/c1-3-37-41-30-36(22-23-38(41)40-17-11-18-45(51-2)50(37)40)53-48-25-21-34(28-43(48)44-26-31-12-7-8-13-32(31)29-49(44)53)33-20-24-47-42(27-33)39-16-9-10-19-46(39)52(47)35-14-5-4-6-15-35/h3-30H,2H2,1H3/b37-3-. The van der Waals surface area contributed by atoms with Crippen LogP contribution in [0.5, 0.6) is 0 Å². The van der Waals surface area contributed by atoms with Crippen molar-refractivity contribution in [3.63, 3.8) is 0 Å². The van der Waals surface area contributed by atoms with Crippen LogP contribution in [-0.4, -0.2) is 15.9 Å². The van der Waals surface area contributed by atoms with Crippen LogP contribution in [0.4, 0.5) is 5.69 Å². The fraction of sp³-hybridized carbons (Fsp3) is 0.0200. The molecule has 1 aliphatic carbocycles. The van der Waals surface area contributed by atoms with Crippen molar-refractivity contribution in [2.45, 2.75) is 6.92 Å². The molecule has 3 nitrogen and oxygen atoms in total. The highest BCUT2D eigenvalue weighted by Crippen LogP contribution is 2.49. The molecule has 0 saturated heterocycles. The summed E-state index contributed by atoms with van der Waals surface area (Å²) in [6, 6.07) is 60.0. The number of hydrogen-bond donors (Lipinski definition) is 0. The number of allylic oxidation sites excluding steroid dienone is 1. The first kappa shape index (κ1) is 29.7. The number of hydrogen-bond acceptors (Lipinski definition) is 1. The molecule has 0 spiro atoms. The molecule has 0 bridgehead atoms. The molecule has 10 aromatic rings. The van der Waals surface area contributed by atoms with Crippen LogP contribution in [0.3, 0.4) is 0 Å². The number of nitrogens with zero attached hydrogens (tertiary/aromatic N) is 3. The van der Waals surface area contributed by atoms with Crippen molar-refractivity contribution in [3.8, 4) is 33.6 Å². The third kappa shape index (κ3) is 4.25. The Balaban J connectivity index is 1.13. The van der Waals surface area contributed by atoms with E-state index < -0.39 is 0 Å². The second kappa shape index (κ2) is 11.3. The van der Waals surface area contributed by atoms with Gasteiger partial charge >= 0.3 is 0 Å². The van der Waals surface area contributed by atoms with Crippen molar-refractivity contribution < 1.29 is 0 Å². The van der Waals surface area contributed by atoms with E-state index in [1.807, 2.05) is 0 Å². The normalized spacial score (nSPS) is 13.1. The van der Waals surface area contributed by atoms with E-state index in [-0.39, 0.29) is 0 Å². The smallest absolute Gasteiger partial charge is 0.0707 e. The molecule has 2 aromatic heterocycles. The predicted octanol–water partition coefficient (Wildman–Crippen LogP) is 13.5. The zero-order valence-electron chi connectivity index (χ0n) is 29.2. The average molecular weight is 676 g/mol. The minimum atomic E-state index is 0.923. The fourth-order valence-electron chi connectivity index (χ4n) is 8.91. The molecule has 0 N–H and O–H groups in total. The van der Waals surface area contributed by atoms with Crippen LogP contribution in [-0.2, 0) is 0 Å². The van der Waals surface area contributed by atoms with Crippen LogP contribution < -0.4 is 0 Å². The maximum atomic E-state index is 4.39. The summed E-state index contributed by atoms with van der Waals surface area (Å²) in [5, 5.41) is 7.47. The highest BCUT2D eigenvalue weighted by molar-refractivity contribution is 6.16. The van der Waals surface area contributed by atoms with Crippen molar-refractivity contribution in [2.75, 3.05) is 0 Å². The Kier molecular flexibility index (Phi) is 6.32. The topological polar surface area (TPSA) is 22.2 Å². The fourth-order valence-corrected chi connectivity index (χ4v) is 8.91. The van der Waals surface area contributed by atoms with E-state index in [9.17, 15) is 0 Å². The summed E-state index contributed by atoms with van der Waals surface area (Å²) in [4.78, 5) is 4.39. The van der Waals surface area contributed by atoms with E-state index >= 15 is 0 Å². The Morgan fingerprint density at radius 3 is 1.85 bits per heavy atom. The lowest BCUT2D eigenvalue weighted by Gasteiger charge is -2.12. The zero-order valence-corrected chi connectivity index (χ0v) is 29.2. The number of aromatic nitrogens is 2. The Bertz CT molecular complexity index is 3190. The van der Waals surface area contributed by atoms with Gasteiger partial charge in [0.2, 0.25) is 0 Å². The molecule has 0 fully saturated rings. The summed E-state index contributed by atoms with van der Waals surface area (Å²) in [7, 11) is 0. The number of fused-ring (bicyclic) bond motifs is 10. The van der Waals surface area contributed by atoms with Gasteiger partial charge in [-0.1, -0.05) is 97.1 Å². The molecule has 53 heavy (non-hydrogen) atoms. The lowest BCUT2D eigenvalue weighted by atomic mass is 10.00. The number of benzene rings is 8. The van der Waals surface area contributed by atoms with Crippen molar-refractivity contribution in [2.24, 2.45) is 4.99 Å². The predicted molar refractivity (Wildman–Crippen MR) is 225 cm³/mol. The first-order valence-electron chi connectivity index (χ1n) is 18.2. The third-order valence-electron chi connectivity index (χ3n) is 11.3. The molecule has 0 radical (unpaired) electrons. The average Bonchev–Trinajstić information content (AvgIpc) is 3.84. The monoisotopic (exact) mass is 675 g/mol. The van der Waals surface area contributed by atoms with Gasteiger partial charge in [0.25, 0.3) is 0 Å². The molecular formula is C50H33N3. The van der Waals surface area contributed by atoms with Gasteiger partial charge in [0.1, 0.15) is 0 Å². The van der Waals surface area contributed by atoms with E-state index in [4.69, 9.17) is 0 Å². The Hall–Kier alpha value is -6.97. The molecular weight excluding hydrogens is 643 g/mol. The summed E-state index contributed by atoms with van der Waals surface area (Å²) < 4.78 is 4.82. The van der Waals surface area contributed by atoms with Crippen molar-refractivity contribution in [1.29, 1.82) is 0 Å². The highest BCUT2D eigenvalue weighted by Gasteiger charge is 2.26. The van der Waals surface area contributed by atoms with E-state index in [2.05, 4.69) is 198 Å². The lowest BCUT2D eigenvalue weighted by molar-refractivity contribution is 1.18. The SMILES string of the molecule is C=Nc1cccc2c1/C(=C\C)c1cc(-n3c4ccc(-c5ccc6c(c5)c5ccccc5n6-c5ccccc5)cc4c4cc5ccccc5cc43)ccc1-2. The van der Waals surface area contributed by atoms with Crippen LogP contribution in [0.25, 0.3) is 93.6 Å². The van der Waals surface area contributed by atoms with Crippen molar-refractivity contribution in [3.05, 3.63) is 181 Å². The minimum absolute atomic E-state index is 0.923. The van der Waals surface area contributed by atoms with Crippen LogP contribution >= 0.6 is 0 Å². The van der Waals surface area contributed by atoms with Gasteiger partial charge in [0.05, 0.1) is 27.8 Å². The van der Waals surface area contributed by atoms with Gasteiger partial charge in [-0.05, 0) is 131 Å². The molecule has 0 atom stereocenters. The van der Waals surface area contributed by atoms with E-state index in [0.717, 1.165) is 11.4 Å². The summed E-state index contributed by atoms with van der Waals surface area (Å²) in [5.74, 6) is 0. The maximum absolute atomic E-state index is 4.39. The van der Waals surface area contributed by atoms with Crippen LogP contribution in [0.1, 0.15) is 18.1 Å². The molecule has 2 heterocycles. The number of rotatable bonds is 4. The lowest BCUT2D eigenvalue weighted by Crippen LogP contribution is -1.95. The second-order valence-electron chi connectivity index (χ2n) is 14.0. The Labute approximate surface area is 307 Å². The molecule has 0 aliphatic heterocycles. The molecule has 0 amide bonds. The van der Waals surface area contributed by atoms with Gasteiger partial charge in [-0.3, -0.25) is 4.99 Å². The molecule has 1 aliphatic rings. The van der Waals surface area contributed by atoms with Gasteiger partial charge in [0, 0.05) is 38.5 Å². The molecule has 0 saturated carbocycles. The third-order valence-corrected chi connectivity index (χ3v) is 11.3. The van der Waals surface area contributed by atoms with Crippen LogP contribution in [0.2, 0.25) is 0 Å². The summed E-state index contributed by atoms with van der Waals surface area (Å²) in [6.45, 7) is 6.00. The van der Waals surface area contributed by atoms with Gasteiger partial charge in [-0.25, -0.2) is 0 Å². The zero-order chi connectivity index (χ0) is 35.2. The first-order valence-corrected chi connectivity index (χ1v) is 18.2. The molecule has 3 heteroatoms. The number of para-hydroxylation sites is 2. The quantitative estimate of drug-likeness (QED) is 0.166. The summed E-state index contributed by atoms with van der Waals surface area (Å²) in [6.07, 6.45) is 2.21. The molecule has 8 aromatic carbocycles. The summed E-state index contributed by atoms with van der Waals surface area (Å²) in [5.41, 5.74) is 16.5. The maximum Gasteiger partial charge on any atom is 0.0707 e. The van der Waals surface area contributed by atoms with E-state index in [0.29, 0.717) is 0 Å². The molecule has 11 rings (SSSR count).